The van der Waals surface area contributed by atoms with Crippen LogP contribution in [-0.4, -0.2) is 27.5 Å². The van der Waals surface area contributed by atoms with Crippen molar-refractivity contribution in [1.82, 2.24) is 20.3 Å². The van der Waals surface area contributed by atoms with Crippen LogP contribution < -0.4 is 5.32 Å². The molecule has 2 aromatic rings. The Morgan fingerprint density at radius 3 is 2.79 bits per heavy atom. The molecular formula is C18H22N4O2. The lowest BCUT2D eigenvalue weighted by atomic mass is 10.1. The van der Waals surface area contributed by atoms with Crippen LogP contribution in [-0.2, 0) is 22.5 Å². The molecule has 0 aromatic carbocycles. The highest BCUT2D eigenvalue weighted by Gasteiger charge is 2.18. The zero-order chi connectivity index (χ0) is 16.6. The van der Waals surface area contributed by atoms with Gasteiger partial charge in [-0.1, -0.05) is 6.07 Å². The van der Waals surface area contributed by atoms with Crippen LogP contribution in [0.25, 0.3) is 0 Å². The fraction of sp³-hybridized carbons (Fsp3) is 0.444. The van der Waals surface area contributed by atoms with Crippen molar-refractivity contribution in [2.75, 3.05) is 6.61 Å². The highest BCUT2D eigenvalue weighted by atomic mass is 16.5. The minimum Gasteiger partial charge on any atom is -0.370 e. The van der Waals surface area contributed by atoms with Crippen LogP contribution in [0.15, 0.2) is 36.9 Å². The largest absolute Gasteiger partial charge is 0.370 e. The van der Waals surface area contributed by atoms with Crippen molar-refractivity contribution >= 4 is 5.91 Å². The second-order valence-corrected chi connectivity index (χ2v) is 5.94. The molecule has 1 fully saturated rings. The number of ether oxygens (including phenoxy) is 1. The fourth-order valence-corrected chi connectivity index (χ4v) is 2.66. The van der Waals surface area contributed by atoms with Crippen LogP contribution in [0.5, 0.6) is 0 Å². The summed E-state index contributed by atoms with van der Waals surface area (Å²) in [5.74, 6) is 0.750. The van der Waals surface area contributed by atoms with Crippen LogP contribution in [0.1, 0.15) is 48.7 Å². The van der Waals surface area contributed by atoms with Crippen LogP contribution >= 0.6 is 0 Å². The summed E-state index contributed by atoms with van der Waals surface area (Å²) in [7, 11) is 0. The smallest absolute Gasteiger partial charge is 0.220 e. The van der Waals surface area contributed by atoms with Gasteiger partial charge in [0.15, 0.2) is 5.82 Å². The number of hydrogen-bond donors (Lipinski definition) is 1. The van der Waals surface area contributed by atoms with E-state index in [1.165, 1.54) is 0 Å². The van der Waals surface area contributed by atoms with Crippen molar-refractivity contribution in [3.63, 3.8) is 0 Å². The molecule has 126 valence electrons. The minimum absolute atomic E-state index is 0.0125. The third-order valence-corrected chi connectivity index (χ3v) is 4.05. The van der Waals surface area contributed by atoms with E-state index in [4.69, 9.17) is 4.74 Å². The summed E-state index contributed by atoms with van der Waals surface area (Å²) in [4.78, 5) is 24.7. The lowest BCUT2D eigenvalue weighted by Gasteiger charge is -2.21. The first-order valence-electron chi connectivity index (χ1n) is 8.39. The molecule has 24 heavy (non-hydrogen) atoms. The number of carbonyl (C=O) groups excluding carboxylic acids is 1. The number of aryl methyl sites for hydroxylation is 1. The van der Waals surface area contributed by atoms with Gasteiger partial charge in [-0.3, -0.25) is 9.78 Å². The monoisotopic (exact) mass is 326 g/mol. The van der Waals surface area contributed by atoms with E-state index >= 15 is 0 Å². The van der Waals surface area contributed by atoms with E-state index < -0.39 is 0 Å². The molecule has 2 aromatic heterocycles. The van der Waals surface area contributed by atoms with Gasteiger partial charge in [0.25, 0.3) is 0 Å². The number of hydrogen-bond acceptors (Lipinski definition) is 5. The second kappa shape index (κ2) is 8.49. The SMILES string of the molecule is O=C(CCc1cccnc1)NCc1cnc([C@@H]2CCCCO2)nc1. The molecule has 0 spiro atoms. The molecular weight excluding hydrogens is 304 g/mol. The molecule has 0 bridgehead atoms. The Kier molecular flexibility index (Phi) is 5.85. The summed E-state index contributed by atoms with van der Waals surface area (Å²) in [5, 5.41) is 2.90. The van der Waals surface area contributed by atoms with Gasteiger partial charge >= 0.3 is 0 Å². The topological polar surface area (TPSA) is 77.0 Å². The van der Waals surface area contributed by atoms with Gasteiger partial charge in [-0.05, 0) is 37.3 Å². The molecule has 0 radical (unpaired) electrons. The predicted molar refractivity (Wildman–Crippen MR) is 89.0 cm³/mol. The first-order chi connectivity index (χ1) is 11.8. The van der Waals surface area contributed by atoms with Crippen molar-refractivity contribution < 1.29 is 9.53 Å². The Labute approximate surface area is 141 Å². The first kappa shape index (κ1) is 16.5. The van der Waals surface area contributed by atoms with Crippen LogP contribution in [0.3, 0.4) is 0 Å². The molecule has 6 nitrogen and oxygen atoms in total. The Bertz CT molecular complexity index is 640. The summed E-state index contributed by atoms with van der Waals surface area (Å²) in [6.45, 7) is 1.22. The van der Waals surface area contributed by atoms with E-state index in [1.54, 1.807) is 24.8 Å². The molecule has 0 aliphatic carbocycles. The van der Waals surface area contributed by atoms with Gasteiger partial charge in [0, 0.05) is 49.9 Å². The second-order valence-electron chi connectivity index (χ2n) is 5.94. The van der Waals surface area contributed by atoms with E-state index in [0.29, 0.717) is 19.4 Å². The number of aromatic nitrogens is 3. The summed E-state index contributed by atoms with van der Waals surface area (Å²) in [6.07, 6.45) is 11.4. The minimum atomic E-state index is 0.0125. The predicted octanol–water partition coefficient (Wildman–Crippen LogP) is 2.36. The molecule has 6 heteroatoms. The van der Waals surface area contributed by atoms with Crippen LogP contribution in [0.4, 0.5) is 0 Å². The number of carbonyl (C=O) groups is 1. The van der Waals surface area contributed by atoms with Crippen LogP contribution in [0, 0.1) is 0 Å². The number of amides is 1. The Hall–Kier alpha value is -2.34. The number of rotatable bonds is 6. The Morgan fingerprint density at radius 2 is 2.08 bits per heavy atom. The van der Waals surface area contributed by atoms with Crippen molar-refractivity contribution in [3.05, 3.63) is 53.9 Å². The summed E-state index contributed by atoms with van der Waals surface area (Å²) >= 11 is 0. The van der Waals surface area contributed by atoms with Crippen molar-refractivity contribution in [3.8, 4) is 0 Å². The molecule has 1 atom stereocenters. The maximum Gasteiger partial charge on any atom is 0.220 e. The number of nitrogens with zero attached hydrogens (tertiary/aromatic N) is 3. The zero-order valence-electron chi connectivity index (χ0n) is 13.6. The van der Waals surface area contributed by atoms with E-state index in [-0.39, 0.29) is 12.0 Å². The molecule has 1 N–H and O–H groups in total. The van der Waals surface area contributed by atoms with Gasteiger partial charge in [-0.2, -0.15) is 0 Å². The summed E-state index contributed by atoms with van der Waals surface area (Å²) < 4.78 is 5.68. The van der Waals surface area contributed by atoms with E-state index in [2.05, 4.69) is 20.3 Å². The standard InChI is InChI=1S/C18H22N4O2/c23-17(7-6-14-4-3-8-19-10-14)20-11-15-12-21-18(22-13-15)16-5-1-2-9-24-16/h3-4,8,10,12-13,16H,1-2,5-7,9,11H2,(H,20,23)/t16-/m0/s1. The molecule has 3 rings (SSSR count). The molecule has 0 unspecified atom stereocenters. The number of nitrogens with one attached hydrogen (secondary N) is 1. The fourth-order valence-electron chi connectivity index (χ4n) is 2.66. The average molecular weight is 326 g/mol. The van der Waals surface area contributed by atoms with Gasteiger partial charge in [0.2, 0.25) is 5.91 Å². The van der Waals surface area contributed by atoms with Crippen molar-refractivity contribution in [2.45, 2.75) is 44.8 Å². The Balaban J connectivity index is 1.43. The van der Waals surface area contributed by atoms with E-state index in [1.807, 2.05) is 12.1 Å². The zero-order valence-corrected chi connectivity index (χ0v) is 13.6. The first-order valence-corrected chi connectivity index (χ1v) is 8.39. The van der Waals surface area contributed by atoms with Gasteiger partial charge in [0.05, 0.1) is 0 Å². The Morgan fingerprint density at radius 1 is 1.21 bits per heavy atom. The van der Waals surface area contributed by atoms with Gasteiger partial charge in [-0.15, -0.1) is 0 Å². The van der Waals surface area contributed by atoms with Gasteiger partial charge in [0.1, 0.15) is 6.10 Å². The third kappa shape index (κ3) is 4.83. The summed E-state index contributed by atoms with van der Waals surface area (Å²) in [6, 6.07) is 3.85. The molecule has 1 aliphatic heterocycles. The normalized spacial score (nSPS) is 17.4. The van der Waals surface area contributed by atoms with E-state index in [0.717, 1.165) is 42.8 Å². The van der Waals surface area contributed by atoms with Gasteiger partial charge < -0.3 is 10.1 Å². The molecule has 1 aliphatic rings. The summed E-state index contributed by atoms with van der Waals surface area (Å²) in [5.41, 5.74) is 1.96. The molecule has 0 saturated carbocycles. The van der Waals surface area contributed by atoms with Gasteiger partial charge in [-0.25, -0.2) is 9.97 Å². The molecule has 3 heterocycles. The molecule has 1 saturated heterocycles. The third-order valence-electron chi connectivity index (χ3n) is 4.05. The highest BCUT2D eigenvalue weighted by Crippen LogP contribution is 2.24. The molecule has 1 amide bonds. The maximum absolute atomic E-state index is 11.9. The lowest BCUT2D eigenvalue weighted by Crippen LogP contribution is -2.23. The highest BCUT2D eigenvalue weighted by molar-refractivity contribution is 5.76. The average Bonchev–Trinajstić information content (AvgIpc) is 2.67. The number of pyridine rings is 1. The lowest BCUT2D eigenvalue weighted by molar-refractivity contribution is -0.121. The van der Waals surface area contributed by atoms with E-state index in [9.17, 15) is 4.79 Å². The van der Waals surface area contributed by atoms with Crippen molar-refractivity contribution in [2.24, 2.45) is 0 Å². The quantitative estimate of drug-likeness (QED) is 0.882. The maximum atomic E-state index is 11.9. The van der Waals surface area contributed by atoms with Crippen LogP contribution in [0.2, 0.25) is 0 Å². The van der Waals surface area contributed by atoms with Crippen molar-refractivity contribution in [1.29, 1.82) is 0 Å².